The number of hydrogen-bond acceptors (Lipinski definition) is 6. The van der Waals surface area contributed by atoms with Crippen LogP contribution >= 0.6 is 0 Å². The Morgan fingerprint density at radius 3 is 2.74 bits per heavy atom. The summed E-state index contributed by atoms with van der Waals surface area (Å²) in [6, 6.07) is 1.15. The highest BCUT2D eigenvalue weighted by Crippen LogP contribution is 2.23. The van der Waals surface area contributed by atoms with Crippen LogP contribution in [0.4, 0.5) is 11.8 Å². The lowest BCUT2D eigenvalue weighted by Gasteiger charge is -2.28. The van der Waals surface area contributed by atoms with Crippen molar-refractivity contribution in [2.45, 2.75) is 39.7 Å². The molecule has 2 N–H and O–H groups in total. The molecule has 0 amide bonds. The van der Waals surface area contributed by atoms with Gasteiger partial charge in [-0.05, 0) is 24.3 Å². The van der Waals surface area contributed by atoms with Gasteiger partial charge in [0.2, 0.25) is 5.95 Å². The van der Waals surface area contributed by atoms with Gasteiger partial charge < -0.3 is 20.1 Å². The highest BCUT2D eigenvalue weighted by molar-refractivity contribution is 5.76. The lowest BCUT2D eigenvalue weighted by Crippen LogP contribution is -2.37. The number of aromatic nitrogens is 2. The predicted octanol–water partition coefficient (Wildman–Crippen LogP) is 2.00. The normalized spacial score (nSPS) is 16.9. The summed E-state index contributed by atoms with van der Waals surface area (Å²) in [5.41, 5.74) is 0.0892. The Morgan fingerprint density at radius 1 is 1.43 bits per heavy atom. The van der Waals surface area contributed by atoms with Crippen LogP contribution in [0, 0.1) is 5.41 Å². The second-order valence-electron chi connectivity index (χ2n) is 6.97. The minimum Gasteiger partial charge on any atom is -0.480 e. The molecule has 1 atom stereocenters. The molecule has 1 fully saturated rings. The van der Waals surface area contributed by atoms with E-state index in [1.54, 1.807) is 6.20 Å². The van der Waals surface area contributed by atoms with Gasteiger partial charge in [0, 0.05) is 19.3 Å². The van der Waals surface area contributed by atoms with Crippen molar-refractivity contribution < 1.29 is 14.6 Å². The molecule has 7 nitrogen and oxygen atoms in total. The van der Waals surface area contributed by atoms with Crippen molar-refractivity contribution in [2.24, 2.45) is 5.41 Å². The summed E-state index contributed by atoms with van der Waals surface area (Å²) in [6.07, 6.45) is 2.99. The molecule has 1 aromatic heterocycles. The molecule has 0 saturated carbocycles. The molecule has 0 unspecified atom stereocenters. The van der Waals surface area contributed by atoms with Gasteiger partial charge in [-0.3, -0.25) is 0 Å². The van der Waals surface area contributed by atoms with Crippen LogP contribution in [-0.2, 0) is 9.53 Å². The average Bonchev–Trinajstić information content (AvgIpc) is 2.51. The molecule has 23 heavy (non-hydrogen) atoms. The monoisotopic (exact) mass is 322 g/mol. The maximum Gasteiger partial charge on any atom is 0.326 e. The van der Waals surface area contributed by atoms with E-state index in [2.05, 4.69) is 41.0 Å². The number of ether oxygens (including phenoxy) is 1. The van der Waals surface area contributed by atoms with E-state index in [0.29, 0.717) is 25.6 Å². The zero-order valence-corrected chi connectivity index (χ0v) is 14.1. The third-order valence-electron chi connectivity index (χ3n) is 3.76. The standard InChI is InChI=1S/C16H26N4O3/c1-16(2,3)6-4-12(14(21)22)18-15-17-7-5-13(19-15)20-8-10-23-11-9-20/h5,7,12H,4,6,8-11H2,1-3H3,(H,21,22)(H,17,18,19)/t12-/m0/s1. The molecule has 2 rings (SSSR count). The molecule has 0 bridgehead atoms. The first kappa shape index (κ1) is 17.5. The van der Waals surface area contributed by atoms with E-state index in [1.165, 1.54) is 0 Å². The largest absolute Gasteiger partial charge is 0.480 e. The lowest BCUT2D eigenvalue weighted by molar-refractivity contribution is -0.138. The number of carboxylic acid groups (broad SMARTS) is 1. The summed E-state index contributed by atoms with van der Waals surface area (Å²) in [6.45, 7) is 9.21. The molecule has 1 aliphatic rings. The number of carbonyl (C=O) groups is 1. The van der Waals surface area contributed by atoms with E-state index in [0.717, 1.165) is 25.3 Å². The van der Waals surface area contributed by atoms with Crippen LogP contribution in [0.25, 0.3) is 0 Å². The van der Waals surface area contributed by atoms with E-state index in [1.807, 2.05) is 6.07 Å². The van der Waals surface area contributed by atoms with Gasteiger partial charge in [-0.1, -0.05) is 20.8 Å². The molecule has 0 aromatic carbocycles. The Balaban J connectivity index is 2.03. The molecule has 0 radical (unpaired) electrons. The number of nitrogens with one attached hydrogen (secondary N) is 1. The summed E-state index contributed by atoms with van der Waals surface area (Å²) in [4.78, 5) is 22.2. The number of morpholine rings is 1. The quantitative estimate of drug-likeness (QED) is 0.828. The highest BCUT2D eigenvalue weighted by Gasteiger charge is 2.22. The average molecular weight is 322 g/mol. The number of hydrogen-bond donors (Lipinski definition) is 2. The van der Waals surface area contributed by atoms with Gasteiger partial charge >= 0.3 is 5.97 Å². The van der Waals surface area contributed by atoms with Crippen LogP contribution in [0.5, 0.6) is 0 Å². The first-order chi connectivity index (χ1) is 10.8. The highest BCUT2D eigenvalue weighted by atomic mass is 16.5. The topological polar surface area (TPSA) is 87.6 Å². The van der Waals surface area contributed by atoms with Crippen LogP contribution in [0.3, 0.4) is 0 Å². The Morgan fingerprint density at radius 2 is 2.13 bits per heavy atom. The number of aliphatic carboxylic acids is 1. The van der Waals surface area contributed by atoms with E-state index in [9.17, 15) is 9.90 Å². The van der Waals surface area contributed by atoms with Gasteiger partial charge in [0.25, 0.3) is 0 Å². The van der Waals surface area contributed by atoms with Crippen LogP contribution < -0.4 is 10.2 Å². The fourth-order valence-electron chi connectivity index (χ4n) is 2.38. The Kier molecular flexibility index (Phi) is 5.76. The second kappa shape index (κ2) is 7.59. The summed E-state index contributed by atoms with van der Waals surface area (Å²) >= 11 is 0. The minimum absolute atomic E-state index is 0.0892. The van der Waals surface area contributed by atoms with Crippen LogP contribution in [0.2, 0.25) is 0 Å². The first-order valence-electron chi connectivity index (χ1n) is 8.00. The SMILES string of the molecule is CC(C)(C)CC[C@H](Nc1nccc(N2CCOCC2)n1)C(=O)O. The molecule has 7 heteroatoms. The molecule has 128 valence electrons. The molecule has 1 aromatic rings. The first-order valence-corrected chi connectivity index (χ1v) is 8.00. The third-order valence-corrected chi connectivity index (χ3v) is 3.76. The number of nitrogens with zero attached hydrogens (tertiary/aromatic N) is 3. The minimum atomic E-state index is -0.880. The maximum absolute atomic E-state index is 11.5. The zero-order chi connectivity index (χ0) is 16.9. The molecular weight excluding hydrogens is 296 g/mol. The molecule has 0 aliphatic carbocycles. The van der Waals surface area contributed by atoms with Crippen LogP contribution in [0.1, 0.15) is 33.6 Å². The predicted molar refractivity (Wildman–Crippen MR) is 88.8 cm³/mol. The summed E-state index contributed by atoms with van der Waals surface area (Å²) in [5, 5.41) is 12.4. The van der Waals surface area contributed by atoms with Gasteiger partial charge in [-0.15, -0.1) is 0 Å². The summed E-state index contributed by atoms with van der Waals surface area (Å²) in [7, 11) is 0. The summed E-state index contributed by atoms with van der Waals surface area (Å²) in [5.74, 6) is 0.274. The van der Waals surface area contributed by atoms with Crippen molar-refractivity contribution in [1.29, 1.82) is 0 Å². The maximum atomic E-state index is 11.5. The molecular formula is C16H26N4O3. The van der Waals surface area contributed by atoms with Gasteiger partial charge in [0.1, 0.15) is 11.9 Å². The van der Waals surface area contributed by atoms with E-state index >= 15 is 0 Å². The van der Waals surface area contributed by atoms with Crippen LogP contribution in [-0.4, -0.2) is 53.4 Å². The molecule has 1 aliphatic heterocycles. The van der Waals surface area contributed by atoms with Crippen molar-refractivity contribution >= 4 is 17.7 Å². The van der Waals surface area contributed by atoms with Crippen LogP contribution in [0.15, 0.2) is 12.3 Å². The zero-order valence-electron chi connectivity index (χ0n) is 14.1. The van der Waals surface area contributed by atoms with E-state index < -0.39 is 12.0 Å². The fraction of sp³-hybridized carbons (Fsp3) is 0.688. The Bertz CT molecular complexity index is 524. The van der Waals surface area contributed by atoms with E-state index in [4.69, 9.17) is 4.74 Å². The van der Waals surface area contributed by atoms with Gasteiger partial charge in [0.05, 0.1) is 13.2 Å². The van der Waals surface area contributed by atoms with Crippen molar-refractivity contribution in [3.8, 4) is 0 Å². The third kappa shape index (κ3) is 5.67. The Hall–Kier alpha value is -1.89. The number of carboxylic acids is 1. The van der Waals surface area contributed by atoms with Gasteiger partial charge in [-0.2, -0.15) is 4.98 Å². The molecule has 1 saturated heterocycles. The van der Waals surface area contributed by atoms with Crippen molar-refractivity contribution in [3.05, 3.63) is 12.3 Å². The van der Waals surface area contributed by atoms with Crippen molar-refractivity contribution in [1.82, 2.24) is 9.97 Å². The summed E-state index contributed by atoms with van der Waals surface area (Å²) < 4.78 is 5.33. The fourth-order valence-corrected chi connectivity index (χ4v) is 2.38. The lowest BCUT2D eigenvalue weighted by atomic mass is 9.89. The van der Waals surface area contributed by atoms with Crippen molar-refractivity contribution in [2.75, 3.05) is 36.5 Å². The molecule has 0 spiro atoms. The van der Waals surface area contributed by atoms with E-state index in [-0.39, 0.29) is 5.41 Å². The Labute approximate surface area is 137 Å². The van der Waals surface area contributed by atoms with Crippen molar-refractivity contribution in [3.63, 3.8) is 0 Å². The van der Waals surface area contributed by atoms with Gasteiger partial charge in [0.15, 0.2) is 0 Å². The van der Waals surface area contributed by atoms with Gasteiger partial charge in [-0.25, -0.2) is 9.78 Å². The second-order valence-corrected chi connectivity index (χ2v) is 6.97. The smallest absolute Gasteiger partial charge is 0.326 e. The number of anilines is 2. The molecule has 2 heterocycles. The number of rotatable bonds is 6.